The highest BCUT2D eigenvalue weighted by Crippen LogP contribution is 2.21. The number of hydrogen-bond acceptors (Lipinski definition) is 5. The van der Waals surface area contributed by atoms with Crippen molar-refractivity contribution in [2.75, 3.05) is 6.61 Å². The van der Waals surface area contributed by atoms with Gasteiger partial charge in [0.25, 0.3) is 0 Å². The van der Waals surface area contributed by atoms with Crippen LogP contribution in [-0.4, -0.2) is 39.1 Å². The van der Waals surface area contributed by atoms with Crippen LogP contribution in [0.1, 0.15) is 27.8 Å². The zero-order chi connectivity index (χ0) is 13.8. The first-order valence-corrected chi connectivity index (χ1v) is 5.55. The number of esters is 1. The topological polar surface area (TPSA) is 105 Å². The summed E-state index contributed by atoms with van der Waals surface area (Å²) in [4.78, 5) is 22.6. The second-order valence-corrected chi connectivity index (χ2v) is 3.63. The number of aromatic nitrogens is 3. The lowest BCUT2D eigenvalue weighted by Crippen LogP contribution is -2.07. The molecule has 19 heavy (non-hydrogen) atoms. The number of benzene rings is 1. The van der Waals surface area contributed by atoms with Crippen LogP contribution in [0.2, 0.25) is 0 Å². The molecule has 0 saturated heterocycles. The Bertz CT molecular complexity index is 621. The zero-order valence-electron chi connectivity index (χ0n) is 10.1. The maximum Gasteiger partial charge on any atom is 0.361 e. The molecule has 0 aliphatic rings. The lowest BCUT2D eigenvalue weighted by atomic mass is 10.1. The monoisotopic (exact) mass is 261 g/mol. The summed E-state index contributed by atoms with van der Waals surface area (Å²) in [6.07, 6.45) is 0. The molecule has 1 aromatic heterocycles. The molecule has 2 rings (SSSR count). The van der Waals surface area contributed by atoms with E-state index in [1.807, 2.05) is 0 Å². The zero-order valence-corrected chi connectivity index (χ0v) is 10.1. The van der Waals surface area contributed by atoms with Crippen molar-refractivity contribution < 1.29 is 19.4 Å². The summed E-state index contributed by atoms with van der Waals surface area (Å²) in [5.74, 6) is -1.66. The summed E-state index contributed by atoms with van der Waals surface area (Å²) in [7, 11) is 0. The third-order valence-electron chi connectivity index (χ3n) is 2.40. The van der Waals surface area contributed by atoms with E-state index in [1.165, 1.54) is 12.1 Å². The number of nitrogens with one attached hydrogen (secondary N) is 1. The van der Waals surface area contributed by atoms with E-state index in [2.05, 4.69) is 15.4 Å². The Balaban J connectivity index is 2.42. The Kier molecular flexibility index (Phi) is 3.56. The molecule has 2 N–H and O–H groups in total. The van der Waals surface area contributed by atoms with Crippen molar-refractivity contribution in [1.82, 2.24) is 15.4 Å². The molecule has 1 aromatic carbocycles. The van der Waals surface area contributed by atoms with Crippen LogP contribution < -0.4 is 0 Å². The maximum atomic E-state index is 11.7. The minimum absolute atomic E-state index is 0.0318. The van der Waals surface area contributed by atoms with Gasteiger partial charge < -0.3 is 9.84 Å². The van der Waals surface area contributed by atoms with Crippen molar-refractivity contribution >= 4 is 11.9 Å². The highest BCUT2D eigenvalue weighted by molar-refractivity contribution is 5.95. The van der Waals surface area contributed by atoms with Gasteiger partial charge in [0.15, 0.2) is 5.69 Å². The predicted octanol–water partition coefficient (Wildman–Crippen LogP) is 1.35. The van der Waals surface area contributed by atoms with Crippen LogP contribution in [0.3, 0.4) is 0 Å². The first-order chi connectivity index (χ1) is 9.13. The van der Waals surface area contributed by atoms with Crippen LogP contribution in [-0.2, 0) is 4.74 Å². The standard InChI is InChI=1S/C12H11N3O4/c1-2-19-12(18)10-9(13-15-14-10)7-4-3-5-8(6-7)11(16)17/h3-6H,2H2,1H3,(H,16,17)(H,13,14,15). The van der Waals surface area contributed by atoms with Crippen LogP contribution in [0.5, 0.6) is 0 Å². The van der Waals surface area contributed by atoms with Gasteiger partial charge in [-0.3, -0.25) is 0 Å². The lowest BCUT2D eigenvalue weighted by molar-refractivity contribution is 0.0520. The van der Waals surface area contributed by atoms with E-state index in [0.717, 1.165) is 0 Å². The number of carbonyl (C=O) groups excluding carboxylic acids is 1. The Morgan fingerprint density at radius 2 is 2.16 bits per heavy atom. The molecule has 0 aliphatic heterocycles. The van der Waals surface area contributed by atoms with Crippen LogP contribution in [0, 0.1) is 0 Å². The maximum absolute atomic E-state index is 11.7. The second-order valence-electron chi connectivity index (χ2n) is 3.63. The van der Waals surface area contributed by atoms with Crippen LogP contribution in [0.15, 0.2) is 24.3 Å². The van der Waals surface area contributed by atoms with Gasteiger partial charge in [-0.2, -0.15) is 10.3 Å². The number of aromatic amines is 1. The number of hydrogen-bond donors (Lipinski definition) is 2. The summed E-state index contributed by atoms with van der Waals surface area (Å²) in [6.45, 7) is 1.91. The fourth-order valence-electron chi connectivity index (χ4n) is 1.57. The second kappa shape index (κ2) is 5.30. The van der Waals surface area contributed by atoms with Crippen LogP contribution in [0.4, 0.5) is 0 Å². The van der Waals surface area contributed by atoms with E-state index in [-0.39, 0.29) is 23.6 Å². The molecule has 0 fully saturated rings. The van der Waals surface area contributed by atoms with Crippen molar-refractivity contribution in [1.29, 1.82) is 0 Å². The Morgan fingerprint density at radius 3 is 2.84 bits per heavy atom. The Morgan fingerprint density at radius 1 is 1.37 bits per heavy atom. The average molecular weight is 261 g/mol. The molecule has 0 aliphatic carbocycles. The summed E-state index contributed by atoms with van der Waals surface area (Å²) in [5.41, 5.74) is 0.887. The summed E-state index contributed by atoms with van der Waals surface area (Å²) >= 11 is 0. The first kappa shape index (κ1) is 12.7. The van der Waals surface area contributed by atoms with Crippen molar-refractivity contribution in [2.45, 2.75) is 6.92 Å². The molecule has 7 heteroatoms. The van der Waals surface area contributed by atoms with Crippen molar-refractivity contribution in [3.05, 3.63) is 35.5 Å². The van der Waals surface area contributed by atoms with Crippen LogP contribution in [0.25, 0.3) is 11.3 Å². The molecule has 1 heterocycles. The molecule has 2 aromatic rings. The van der Waals surface area contributed by atoms with Gasteiger partial charge in [0.2, 0.25) is 0 Å². The Hall–Kier alpha value is -2.70. The molecular weight excluding hydrogens is 250 g/mol. The van der Waals surface area contributed by atoms with Crippen LogP contribution >= 0.6 is 0 Å². The van der Waals surface area contributed by atoms with Gasteiger partial charge in [0, 0.05) is 5.56 Å². The Labute approximate surface area is 108 Å². The quantitative estimate of drug-likeness (QED) is 0.805. The number of carbonyl (C=O) groups is 2. The molecule has 0 amide bonds. The van der Waals surface area contributed by atoms with Gasteiger partial charge in [-0.05, 0) is 19.1 Å². The number of aromatic carboxylic acids is 1. The predicted molar refractivity (Wildman–Crippen MR) is 64.7 cm³/mol. The summed E-state index contributed by atoms with van der Waals surface area (Å²) in [5, 5.41) is 18.9. The number of ether oxygens (including phenoxy) is 1. The number of rotatable bonds is 4. The SMILES string of the molecule is CCOC(=O)c1n[nH]nc1-c1cccc(C(=O)O)c1. The fraction of sp³-hybridized carbons (Fsp3) is 0.167. The van der Waals surface area contributed by atoms with E-state index in [1.54, 1.807) is 19.1 Å². The van der Waals surface area contributed by atoms with E-state index < -0.39 is 11.9 Å². The normalized spacial score (nSPS) is 10.2. The van der Waals surface area contributed by atoms with Gasteiger partial charge in [0.05, 0.1) is 12.2 Å². The van der Waals surface area contributed by atoms with Gasteiger partial charge in [-0.1, -0.05) is 12.1 Å². The van der Waals surface area contributed by atoms with E-state index in [9.17, 15) is 9.59 Å². The third kappa shape index (κ3) is 2.59. The van der Waals surface area contributed by atoms with Gasteiger partial charge in [0.1, 0.15) is 5.69 Å². The average Bonchev–Trinajstić information content (AvgIpc) is 2.88. The smallest absolute Gasteiger partial charge is 0.361 e. The van der Waals surface area contributed by atoms with E-state index >= 15 is 0 Å². The fourth-order valence-corrected chi connectivity index (χ4v) is 1.57. The summed E-state index contributed by atoms with van der Waals surface area (Å²) in [6, 6.07) is 6.09. The van der Waals surface area contributed by atoms with Crippen molar-refractivity contribution in [2.24, 2.45) is 0 Å². The largest absolute Gasteiger partial charge is 0.478 e. The summed E-state index contributed by atoms with van der Waals surface area (Å²) < 4.78 is 4.85. The van der Waals surface area contributed by atoms with Crippen molar-refractivity contribution in [3.63, 3.8) is 0 Å². The van der Waals surface area contributed by atoms with E-state index in [4.69, 9.17) is 9.84 Å². The molecular formula is C12H11N3O4. The van der Waals surface area contributed by atoms with Gasteiger partial charge >= 0.3 is 11.9 Å². The minimum atomic E-state index is -1.05. The number of carboxylic acids is 1. The van der Waals surface area contributed by atoms with Crippen molar-refractivity contribution in [3.8, 4) is 11.3 Å². The molecule has 0 atom stereocenters. The van der Waals surface area contributed by atoms with Gasteiger partial charge in [-0.25, -0.2) is 9.59 Å². The van der Waals surface area contributed by atoms with Gasteiger partial charge in [-0.15, -0.1) is 5.10 Å². The molecule has 0 unspecified atom stereocenters. The molecule has 0 spiro atoms. The number of carboxylic acid groups (broad SMARTS) is 1. The molecule has 7 nitrogen and oxygen atoms in total. The third-order valence-corrected chi connectivity index (χ3v) is 2.40. The highest BCUT2D eigenvalue weighted by Gasteiger charge is 2.19. The lowest BCUT2D eigenvalue weighted by Gasteiger charge is -2.02. The first-order valence-electron chi connectivity index (χ1n) is 5.55. The minimum Gasteiger partial charge on any atom is -0.478 e. The number of nitrogens with zero attached hydrogens (tertiary/aromatic N) is 2. The van der Waals surface area contributed by atoms with E-state index in [0.29, 0.717) is 5.56 Å². The molecule has 0 radical (unpaired) electrons. The molecule has 0 bridgehead atoms. The highest BCUT2D eigenvalue weighted by atomic mass is 16.5. The molecule has 0 saturated carbocycles. The number of H-pyrrole nitrogens is 1. The molecule has 98 valence electrons.